The van der Waals surface area contributed by atoms with Crippen LogP contribution in [0.2, 0.25) is 0 Å². The first-order chi connectivity index (χ1) is 10.4. The molecule has 0 saturated carbocycles. The molecule has 3 rings (SSSR count). The molecular formula is C16H20N2O3S. The van der Waals surface area contributed by atoms with Crippen LogP contribution in [0.1, 0.15) is 27.2 Å². The Morgan fingerprint density at radius 3 is 2.91 bits per heavy atom. The average Bonchev–Trinajstić information content (AvgIpc) is 3.05. The number of rotatable bonds is 2. The summed E-state index contributed by atoms with van der Waals surface area (Å²) in [6.07, 6.45) is 0.491. The maximum absolute atomic E-state index is 12.1. The lowest BCUT2D eigenvalue weighted by atomic mass is 10.2. The monoisotopic (exact) mass is 320 g/mol. The number of fused-ring (bicyclic) bond motifs is 1. The van der Waals surface area contributed by atoms with E-state index in [-0.39, 0.29) is 12.2 Å². The van der Waals surface area contributed by atoms with E-state index >= 15 is 0 Å². The first-order valence-corrected chi connectivity index (χ1v) is 8.19. The summed E-state index contributed by atoms with van der Waals surface area (Å²) in [6.45, 7) is 6.81. The van der Waals surface area contributed by atoms with E-state index in [0.717, 1.165) is 16.5 Å². The predicted octanol–water partition coefficient (Wildman–Crippen LogP) is 3.68. The number of amides is 1. The number of benzene rings is 1. The van der Waals surface area contributed by atoms with E-state index in [1.807, 2.05) is 45.0 Å². The van der Waals surface area contributed by atoms with Crippen molar-refractivity contribution in [2.24, 2.45) is 0 Å². The van der Waals surface area contributed by atoms with Gasteiger partial charge in [-0.2, -0.15) is 4.37 Å². The summed E-state index contributed by atoms with van der Waals surface area (Å²) in [4.78, 5) is 13.8. The van der Waals surface area contributed by atoms with Gasteiger partial charge in [0.15, 0.2) is 0 Å². The maximum atomic E-state index is 12.1. The summed E-state index contributed by atoms with van der Waals surface area (Å²) >= 11 is 1.43. The highest BCUT2D eigenvalue weighted by molar-refractivity contribution is 7.13. The van der Waals surface area contributed by atoms with Crippen molar-refractivity contribution in [1.82, 2.24) is 9.27 Å². The van der Waals surface area contributed by atoms with Gasteiger partial charge in [-0.05, 0) is 44.4 Å². The molecule has 1 aromatic heterocycles. The van der Waals surface area contributed by atoms with Crippen LogP contribution >= 0.6 is 11.5 Å². The zero-order valence-corrected chi connectivity index (χ0v) is 13.9. The Labute approximate surface area is 134 Å². The standard InChI is InChI=1S/C16H20N2O3S/c1-16(2,3)21-15(19)18-9-8-11(10-18)20-14-12-6-4-5-7-13(12)22-17-14/h4-7,11H,8-10H2,1-3H3/t11-/m0/s1. The van der Waals surface area contributed by atoms with Gasteiger partial charge in [-0.25, -0.2) is 4.79 Å². The van der Waals surface area contributed by atoms with Gasteiger partial charge in [0.1, 0.15) is 11.7 Å². The van der Waals surface area contributed by atoms with Crippen molar-refractivity contribution in [2.75, 3.05) is 13.1 Å². The molecule has 0 spiro atoms. The molecule has 5 nitrogen and oxygen atoms in total. The van der Waals surface area contributed by atoms with Crippen LogP contribution in [0.4, 0.5) is 4.79 Å². The minimum atomic E-state index is -0.471. The van der Waals surface area contributed by atoms with Gasteiger partial charge in [0.25, 0.3) is 0 Å². The number of nitrogens with zero attached hydrogens (tertiary/aromatic N) is 2. The Bertz CT molecular complexity index is 677. The number of carbonyl (C=O) groups excluding carboxylic acids is 1. The summed E-state index contributed by atoms with van der Waals surface area (Å²) in [5.41, 5.74) is -0.471. The van der Waals surface area contributed by atoms with Crippen LogP contribution in [0.3, 0.4) is 0 Å². The molecule has 1 saturated heterocycles. The van der Waals surface area contributed by atoms with Crippen LogP contribution in [0.25, 0.3) is 10.1 Å². The van der Waals surface area contributed by atoms with Gasteiger partial charge in [0, 0.05) is 13.0 Å². The van der Waals surface area contributed by atoms with Gasteiger partial charge in [0.05, 0.1) is 16.6 Å². The van der Waals surface area contributed by atoms with Gasteiger partial charge < -0.3 is 14.4 Å². The second-order valence-electron chi connectivity index (χ2n) is 6.44. The van der Waals surface area contributed by atoms with Gasteiger partial charge >= 0.3 is 6.09 Å². The van der Waals surface area contributed by atoms with Crippen LogP contribution in [0, 0.1) is 0 Å². The molecule has 1 atom stereocenters. The quantitative estimate of drug-likeness (QED) is 0.847. The van der Waals surface area contributed by atoms with Crippen LogP contribution in [-0.4, -0.2) is 40.2 Å². The molecule has 2 heterocycles. The fraction of sp³-hybridized carbons (Fsp3) is 0.500. The van der Waals surface area contributed by atoms with Crippen molar-refractivity contribution in [3.05, 3.63) is 24.3 Å². The molecule has 118 valence electrons. The predicted molar refractivity (Wildman–Crippen MR) is 86.5 cm³/mol. The molecule has 0 unspecified atom stereocenters. The van der Waals surface area contributed by atoms with Crippen molar-refractivity contribution >= 4 is 27.7 Å². The molecule has 0 aliphatic carbocycles. The van der Waals surface area contributed by atoms with Gasteiger partial charge in [-0.3, -0.25) is 0 Å². The molecule has 1 aliphatic rings. The normalized spacial score (nSPS) is 18.7. The molecular weight excluding hydrogens is 300 g/mol. The lowest BCUT2D eigenvalue weighted by Crippen LogP contribution is -2.36. The van der Waals surface area contributed by atoms with E-state index in [4.69, 9.17) is 9.47 Å². The Balaban J connectivity index is 1.63. The number of hydrogen-bond donors (Lipinski definition) is 0. The topological polar surface area (TPSA) is 51.7 Å². The molecule has 1 aliphatic heterocycles. The highest BCUT2D eigenvalue weighted by Gasteiger charge is 2.31. The number of likely N-dealkylation sites (tertiary alicyclic amines) is 1. The van der Waals surface area contributed by atoms with Gasteiger partial charge in [-0.1, -0.05) is 12.1 Å². The minimum absolute atomic E-state index is 0.0296. The van der Waals surface area contributed by atoms with Crippen molar-refractivity contribution in [3.8, 4) is 5.88 Å². The highest BCUT2D eigenvalue weighted by atomic mass is 32.1. The van der Waals surface area contributed by atoms with Crippen molar-refractivity contribution in [1.29, 1.82) is 0 Å². The van der Waals surface area contributed by atoms with Crippen LogP contribution in [0.5, 0.6) is 5.88 Å². The first-order valence-electron chi connectivity index (χ1n) is 7.41. The second kappa shape index (κ2) is 5.76. The lowest BCUT2D eigenvalue weighted by Gasteiger charge is -2.24. The van der Waals surface area contributed by atoms with Crippen molar-refractivity contribution < 1.29 is 14.3 Å². The largest absolute Gasteiger partial charge is 0.471 e. The SMILES string of the molecule is CC(C)(C)OC(=O)N1CC[C@H](Oc2nsc3ccccc23)C1. The third-order valence-electron chi connectivity index (χ3n) is 3.42. The van der Waals surface area contributed by atoms with E-state index < -0.39 is 5.60 Å². The Morgan fingerprint density at radius 1 is 1.36 bits per heavy atom. The van der Waals surface area contributed by atoms with E-state index in [2.05, 4.69) is 4.37 Å². The summed E-state index contributed by atoms with van der Waals surface area (Å²) in [5, 5.41) is 1.03. The van der Waals surface area contributed by atoms with E-state index in [0.29, 0.717) is 19.0 Å². The molecule has 0 radical (unpaired) electrons. The molecule has 2 aromatic rings. The number of hydrogen-bond acceptors (Lipinski definition) is 5. The fourth-order valence-electron chi connectivity index (χ4n) is 2.42. The summed E-state index contributed by atoms with van der Waals surface area (Å²) in [5.74, 6) is 0.664. The highest BCUT2D eigenvalue weighted by Crippen LogP contribution is 2.30. The molecule has 1 fully saturated rings. The Hall–Kier alpha value is -1.82. The van der Waals surface area contributed by atoms with E-state index in [1.165, 1.54) is 11.5 Å². The number of ether oxygens (including phenoxy) is 2. The lowest BCUT2D eigenvalue weighted by molar-refractivity contribution is 0.0275. The first kappa shape index (κ1) is 15.1. The molecule has 0 N–H and O–H groups in total. The van der Waals surface area contributed by atoms with Crippen LogP contribution in [-0.2, 0) is 4.74 Å². The Kier molecular flexibility index (Phi) is 3.95. The van der Waals surface area contributed by atoms with E-state index in [1.54, 1.807) is 4.90 Å². The van der Waals surface area contributed by atoms with Gasteiger partial charge in [0.2, 0.25) is 5.88 Å². The zero-order valence-electron chi connectivity index (χ0n) is 13.0. The average molecular weight is 320 g/mol. The Morgan fingerprint density at radius 2 is 2.14 bits per heavy atom. The molecule has 0 bridgehead atoms. The third kappa shape index (κ3) is 3.32. The molecule has 1 amide bonds. The summed E-state index contributed by atoms with van der Waals surface area (Å²) in [7, 11) is 0. The third-order valence-corrected chi connectivity index (χ3v) is 4.23. The molecule has 1 aromatic carbocycles. The number of aromatic nitrogens is 1. The fourth-order valence-corrected chi connectivity index (χ4v) is 3.14. The smallest absolute Gasteiger partial charge is 0.410 e. The van der Waals surface area contributed by atoms with E-state index in [9.17, 15) is 4.79 Å². The summed E-state index contributed by atoms with van der Waals surface area (Å²) < 4.78 is 16.9. The molecule has 6 heteroatoms. The second-order valence-corrected chi connectivity index (χ2v) is 7.24. The van der Waals surface area contributed by atoms with Crippen LogP contribution < -0.4 is 4.74 Å². The minimum Gasteiger partial charge on any atom is -0.471 e. The molecule has 22 heavy (non-hydrogen) atoms. The van der Waals surface area contributed by atoms with Crippen LogP contribution in [0.15, 0.2) is 24.3 Å². The van der Waals surface area contributed by atoms with Gasteiger partial charge in [-0.15, -0.1) is 0 Å². The maximum Gasteiger partial charge on any atom is 0.410 e. The zero-order chi connectivity index (χ0) is 15.7. The van der Waals surface area contributed by atoms with Crippen molar-refractivity contribution in [2.45, 2.75) is 38.9 Å². The van der Waals surface area contributed by atoms with Crippen molar-refractivity contribution in [3.63, 3.8) is 0 Å². The summed E-state index contributed by atoms with van der Waals surface area (Å²) in [6, 6.07) is 8.01. The number of carbonyl (C=O) groups is 1.